The van der Waals surface area contributed by atoms with Crippen molar-refractivity contribution in [3.05, 3.63) is 24.5 Å². The van der Waals surface area contributed by atoms with Crippen LogP contribution >= 0.6 is 0 Å². The fourth-order valence-electron chi connectivity index (χ4n) is 1.76. The predicted octanol–water partition coefficient (Wildman–Crippen LogP) is 0.820. The highest BCUT2D eigenvalue weighted by Gasteiger charge is 2.43. The van der Waals surface area contributed by atoms with Gasteiger partial charge in [-0.1, -0.05) is 0 Å². The Bertz CT molecular complexity index is 703. The van der Waals surface area contributed by atoms with Crippen molar-refractivity contribution in [2.24, 2.45) is 0 Å². The number of ether oxygens (including phenoxy) is 2. The Labute approximate surface area is 116 Å². The molecule has 0 aliphatic carbocycles. The summed E-state index contributed by atoms with van der Waals surface area (Å²) >= 11 is 0. The molecule has 1 aliphatic rings. The lowest BCUT2D eigenvalue weighted by molar-refractivity contribution is -0.286. The number of rotatable bonds is 3. The summed E-state index contributed by atoms with van der Waals surface area (Å²) < 4.78 is 35.5. The summed E-state index contributed by atoms with van der Waals surface area (Å²) in [4.78, 5) is 15.4. The summed E-state index contributed by atoms with van der Waals surface area (Å²) in [6.07, 6.45) is -2.39. The Morgan fingerprint density at radius 3 is 2.86 bits per heavy atom. The monoisotopic (exact) mass is 297 g/mol. The molecule has 0 radical (unpaired) electrons. The average Bonchev–Trinajstić information content (AvgIpc) is 2.90. The normalized spacial score (nSPS) is 15.0. The molecule has 1 aromatic heterocycles. The van der Waals surface area contributed by atoms with Crippen molar-refractivity contribution in [1.29, 1.82) is 0 Å². The molecule has 0 fully saturated rings. The standard InChI is InChI=1S/C11H9F2N5O3/c12-11(13)20-7-2-1-6(3-8(7)21-11)16-9(19)4-18-5-15-10(14)17-18/h1-3,5H,4H2,(H2,14,17)(H,16,19). The predicted molar refractivity (Wildman–Crippen MR) is 65.7 cm³/mol. The SMILES string of the molecule is Nc1ncn(CC(=O)Nc2ccc3c(c2)OC(F)(F)O3)n1. The third kappa shape index (κ3) is 2.83. The zero-order valence-corrected chi connectivity index (χ0v) is 10.4. The molecule has 2 heterocycles. The molecular formula is C11H9F2N5O3. The summed E-state index contributed by atoms with van der Waals surface area (Å²) in [7, 11) is 0. The van der Waals surface area contributed by atoms with E-state index in [1.54, 1.807) is 0 Å². The minimum Gasteiger partial charge on any atom is -0.395 e. The van der Waals surface area contributed by atoms with Gasteiger partial charge in [0.1, 0.15) is 12.9 Å². The van der Waals surface area contributed by atoms with Crippen LogP contribution in [0.15, 0.2) is 24.5 Å². The van der Waals surface area contributed by atoms with Gasteiger partial charge in [-0.15, -0.1) is 13.9 Å². The minimum absolute atomic E-state index is 0.0492. The van der Waals surface area contributed by atoms with E-state index >= 15 is 0 Å². The molecule has 0 atom stereocenters. The quantitative estimate of drug-likeness (QED) is 0.869. The maximum atomic E-state index is 12.9. The van der Waals surface area contributed by atoms with E-state index in [0.29, 0.717) is 0 Å². The second-order valence-electron chi connectivity index (χ2n) is 4.18. The van der Waals surface area contributed by atoms with Crippen molar-refractivity contribution in [2.45, 2.75) is 12.8 Å². The molecule has 8 nitrogen and oxygen atoms in total. The molecule has 0 spiro atoms. The second kappa shape index (κ2) is 4.58. The molecule has 0 unspecified atom stereocenters. The number of nitrogens with one attached hydrogen (secondary N) is 1. The summed E-state index contributed by atoms with van der Waals surface area (Å²) in [5, 5.41) is 6.26. The Kier molecular flexibility index (Phi) is 2.85. The van der Waals surface area contributed by atoms with Crippen LogP contribution in [0.2, 0.25) is 0 Å². The molecule has 0 bridgehead atoms. The third-order valence-electron chi connectivity index (χ3n) is 2.54. The van der Waals surface area contributed by atoms with E-state index < -0.39 is 12.2 Å². The van der Waals surface area contributed by atoms with E-state index in [9.17, 15) is 13.6 Å². The van der Waals surface area contributed by atoms with Crippen LogP contribution in [0.25, 0.3) is 0 Å². The number of alkyl halides is 2. The summed E-state index contributed by atoms with van der Waals surface area (Å²) in [6.45, 7) is -0.116. The first-order chi connectivity index (χ1) is 9.91. The van der Waals surface area contributed by atoms with Gasteiger partial charge in [0.2, 0.25) is 11.9 Å². The molecule has 0 saturated carbocycles. The van der Waals surface area contributed by atoms with Gasteiger partial charge in [-0.05, 0) is 12.1 Å². The van der Waals surface area contributed by atoms with Gasteiger partial charge < -0.3 is 20.5 Å². The van der Waals surface area contributed by atoms with Gasteiger partial charge in [-0.2, -0.15) is 0 Å². The van der Waals surface area contributed by atoms with Crippen LogP contribution in [-0.2, 0) is 11.3 Å². The molecule has 3 N–H and O–H groups in total. The van der Waals surface area contributed by atoms with E-state index in [1.165, 1.54) is 29.2 Å². The van der Waals surface area contributed by atoms with E-state index in [2.05, 4.69) is 24.9 Å². The summed E-state index contributed by atoms with van der Waals surface area (Å²) in [5.41, 5.74) is 5.60. The number of fused-ring (bicyclic) bond motifs is 1. The molecule has 1 aromatic carbocycles. The van der Waals surface area contributed by atoms with Crippen LogP contribution < -0.4 is 20.5 Å². The lowest BCUT2D eigenvalue weighted by Gasteiger charge is -2.05. The van der Waals surface area contributed by atoms with Gasteiger partial charge in [0, 0.05) is 11.8 Å². The van der Waals surface area contributed by atoms with Crippen molar-refractivity contribution < 1.29 is 23.0 Å². The average molecular weight is 297 g/mol. The van der Waals surface area contributed by atoms with Gasteiger partial charge in [0.15, 0.2) is 11.5 Å². The molecule has 3 rings (SSSR count). The number of benzene rings is 1. The first-order valence-corrected chi connectivity index (χ1v) is 5.76. The van der Waals surface area contributed by atoms with Gasteiger partial charge >= 0.3 is 6.29 Å². The Balaban J connectivity index is 1.67. The van der Waals surface area contributed by atoms with Crippen molar-refractivity contribution in [3.63, 3.8) is 0 Å². The Hall–Kier alpha value is -2.91. The maximum absolute atomic E-state index is 12.9. The molecular weight excluding hydrogens is 288 g/mol. The zero-order chi connectivity index (χ0) is 15.0. The highest BCUT2D eigenvalue weighted by molar-refractivity contribution is 5.90. The number of nitrogen functional groups attached to an aromatic ring is 1. The number of hydrogen-bond acceptors (Lipinski definition) is 6. The number of nitrogens with zero attached hydrogens (tertiary/aromatic N) is 3. The fraction of sp³-hybridized carbons (Fsp3) is 0.182. The topological polar surface area (TPSA) is 104 Å². The van der Waals surface area contributed by atoms with Gasteiger partial charge in [0.25, 0.3) is 0 Å². The van der Waals surface area contributed by atoms with E-state index in [4.69, 9.17) is 5.73 Å². The lowest BCUT2D eigenvalue weighted by atomic mass is 10.3. The van der Waals surface area contributed by atoms with E-state index in [-0.39, 0.29) is 29.7 Å². The molecule has 2 aromatic rings. The zero-order valence-electron chi connectivity index (χ0n) is 10.4. The van der Waals surface area contributed by atoms with Crippen LogP contribution in [0, 0.1) is 0 Å². The van der Waals surface area contributed by atoms with Crippen LogP contribution in [-0.4, -0.2) is 27.0 Å². The highest BCUT2D eigenvalue weighted by Crippen LogP contribution is 2.42. The van der Waals surface area contributed by atoms with Crippen LogP contribution in [0.1, 0.15) is 0 Å². The number of nitrogens with two attached hydrogens (primary N) is 1. The first kappa shape index (κ1) is 13.1. The van der Waals surface area contributed by atoms with Gasteiger partial charge in [-0.3, -0.25) is 4.79 Å². The van der Waals surface area contributed by atoms with Gasteiger partial charge in [0.05, 0.1) is 0 Å². The Morgan fingerprint density at radius 2 is 2.14 bits per heavy atom. The Morgan fingerprint density at radius 1 is 1.38 bits per heavy atom. The van der Waals surface area contributed by atoms with Crippen molar-refractivity contribution in [3.8, 4) is 11.5 Å². The summed E-state index contributed by atoms with van der Waals surface area (Å²) in [6, 6.07) is 3.93. The lowest BCUT2D eigenvalue weighted by Crippen LogP contribution is -2.25. The second-order valence-corrected chi connectivity index (χ2v) is 4.18. The smallest absolute Gasteiger partial charge is 0.395 e. The van der Waals surface area contributed by atoms with Crippen LogP contribution in [0.3, 0.4) is 0 Å². The molecule has 110 valence electrons. The van der Waals surface area contributed by atoms with E-state index in [1.807, 2.05) is 0 Å². The van der Waals surface area contributed by atoms with E-state index in [0.717, 1.165) is 0 Å². The summed E-state index contributed by atoms with van der Waals surface area (Å²) in [5.74, 6) is -0.622. The largest absolute Gasteiger partial charge is 0.586 e. The van der Waals surface area contributed by atoms with Gasteiger partial charge in [-0.25, -0.2) is 9.67 Å². The number of anilines is 2. The van der Waals surface area contributed by atoms with Crippen LogP contribution in [0.4, 0.5) is 20.4 Å². The number of hydrogen-bond donors (Lipinski definition) is 2. The molecule has 10 heteroatoms. The van der Waals surface area contributed by atoms with Crippen molar-refractivity contribution in [1.82, 2.24) is 14.8 Å². The number of amides is 1. The van der Waals surface area contributed by atoms with Crippen LogP contribution in [0.5, 0.6) is 11.5 Å². The highest BCUT2D eigenvalue weighted by atomic mass is 19.3. The third-order valence-corrected chi connectivity index (χ3v) is 2.54. The molecule has 21 heavy (non-hydrogen) atoms. The fourth-order valence-corrected chi connectivity index (χ4v) is 1.76. The minimum atomic E-state index is -3.69. The first-order valence-electron chi connectivity index (χ1n) is 5.76. The molecule has 1 aliphatic heterocycles. The van der Waals surface area contributed by atoms with Crippen molar-refractivity contribution >= 4 is 17.5 Å². The number of aromatic nitrogens is 3. The molecule has 0 saturated heterocycles. The molecule has 1 amide bonds. The number of carbonyl (C=O) groups excluding carboxylic acids is 1. The number of halogens is 2. The maximum Gasteiger partial charge on any atom is 0.586 e. The number of carbonyl (C=O) groups is 1. The van der Waals surface area contributed by atoms with Crippen molar-refractivity contribution in [2.75, 3.05) is 11.1 Å².